The molecule has 0 spiro atoms. The van der Waals surface area contributed by atoms with Crippen LogP contribution in [0.15, 0.2) is 16.6 Å². The van der Waals surface area contributed by atoms with E-state index in [4.69, 9.17) is 4.74 Å². The zero-order valence-electron chi connectivity index (χ0n) is 9.97. The molecule has 2 rings (SSSR count). The summed E-state index contributed by atoms with van der Waals surface area (Å²) in [6.07, 6.45) is 0.650. The number of fused-ring (bicyclic) bond motifs is 1. The van der Waals surface area contributed by atoms with Gasteiger partial charge in [-0.25, -0.2) is 9.37 Å². The smallest absolute Gasteiger partial charge is 0.139 e. The Kier molecular flexibility index (Phi) is 3.23. The minimum atomic E-state index is -0.293. The quantitative estimate of drug-likeness (QED) is 0.943. The average Bonchev–Trinajstić information content (AvgIpc) is 2.59. The molecule has 0 fully saturated rings. The van der Waals surface area contributed by atoms with Crippen LogP contribution in [0.2, 0.25) is 0 Å². The van der Waals surface area contributed by atoms with Crippen molar-refractivity contribution < 1.29 is 9.13 Å². The van der Waals surface area contributed by atoms with E-state index in [1.54, 1.807) is 13.2 Å². The van der Waals surface area contributed by atoms with E-state index in [0.717, 1.165) is 11.3 Å². The van der Waals surface area contributed by atoms with E-state index in [-0.39, 0.29) is 11.4 Å². The highest BCUT2D eigenvalue weighted by Gasteiger charge is 2.19. The Bertz CT molecular complexity index is 512. The van der Waals surface area contributed by atoms with Crippen molar-refractivity contribution in [2.24, 2.45) is 0 Å². The largest absolute Gasteiger partial charge is 0.378 e. The third-order valence-electron chi connectivity index (χ3n) is 2.72. The van der Waals surface area contributed by atoms with Crippen LogP contribution < -0.4 is 0 Å². The fraction of sp³-hybridized carbons (Fsp3) is 0.417. The van der Waals surface area contributed by atoms with E-state index in [2.05, 4.69) is 25.9 Å². The Morgan fingerprint density at radius 1 is 1.47 bits per heavy atom. The summed E-state index contributed by atoms with van der Waals surface area (Å²) in [6, 6.07) is 3.11. The highest BCUT2D eigenvalue weighted by Crippen LogP contribution is 2.23. The van der Waals surface area contributed by atoms with Crippen molar-refractivity contribution in [1.29, 1.82) is 0 Å². The first-order valence-electron chi connectivity index (χ1n) is 5.30. The van der Waals surface area contributed by atoms with Crippen molar-refractivity contribution in [2.75, 3.05) is 7.11 Å². The summed E-state index contributed by atoms with van der Waals surface area (Å²) in [7, 11) is 1.67. The number of H-pyrrole nitrogens is 1. The van der Waals surface area contributed by atoms with Crippen molar-refractivity contribution in [3.8, 4) is 0 Å². The zero-order valence-corrected chi connectivity index (χ0v) is 11.6. The standard InChI is InChI=1S/C12H14BrFN2O/c1-12(2,17-3)6-11-15-9-4-7(13)8(14)5-10(9)16-11/h4-5H,6H2,1-3H3,(H,15,16). The Labute approximate surface area is 108 Å². The molecule has 17 heavy (non-hydrogen) atoms. The lowest BCUT2D eigenvalue weighted by molar-refractivity contribution is 0.0218. The molecule has 0 bridgehead atoms. The highest BCUT2D eigenvalue weighted by atomic mass is 79.9. The first-order chi connectivity index (χ1) is 7.91. The molecule has 0 saturated carbocycles. The molecule has 0 amide bonds. The molecule has 1 aromatic heterocycles. The van der Waals surface area contributed by atoms with Gasteiger partial charge in [0.2, 0.25) is 0 Å². The molecule has 0 radical (unpaired) electrons. The SMILES string of the molecule is COC(C)(C)Cc1nc2cc(Br)c(F)cc2[nH]1. The second kappa shape index (κ2) is 4.38. The second-order valence-corrected chi connectivity index (χ2v) is 5.46. The van der Waals surface area contributed by atoms with Crippen LogP contribution in [0.3, 0.4) is 0 Å². The van der Waals surface area contributed by atoms with E-state index < -0.39 is 0 Å². The van der Waals surface area contributed by atoms with Gasteiger partial charge in [0.05, 0.1) is 21.1 Å². The van der Waals surface area contributed by atoms with Crippen molar-refractivity contribution in [1.82, 2.24) is 9.97 Å². The fourth-order valence-electron chi connectivity index (χ4n) is 1.62. The molecular formula is C12H14BrFN2O. The van der Waals surface area contributed by atoms with Gasteiger partial charge in [0.15, 0.2) is 0 Å². The molecule has 2 aromatic rings. The number of benzene rings is 1. The number of imidazole rings is 1. The van der Waals surface area contributed by atoms with E-state index in [1.165, 1.54) is 6.07 Å². The fourth-order valence-corrected chi connectivity index (χ4v) is 1.95. The van der Waals surface area contributed by atoms with Gasteiger partial charge < -0.3 is 9.72 Å². The maximum Gasteiger partial charge on any atom is 0.139 e. The number of aromatic nitrogens is 2. The van der Waals surface area contributed by atoms with Crippen molar-refractivity contribution in [3.05, 3.63) is 28.2 Å². The van der Waals surface area contributed by atoms with Crippen molar-refractivity contribution in [3.63, 3.8) is 0 Å². The first-order valence-corrected chi connectivity index (χ1v) is 6.09. The van der Waals surface area contributed by atoms with Crippen molar-refractivity contribution >= 4 is 27.0 Å². The summed E-state index contributed by atoms with van der Waals surface area (Å²) in [4.78, 5) is 7.52. The lowest BCUT2D eigenvalue weighted by Crippen LogP contribution is -2.26. The van der Waals surface area contributed by atoms with Crippen LogP contribution in [0, 0.1) is 5.82 Å². The van der Waals surface area contributed by atoms with Crippen molar-refractivity contribution in [2.45, 2.75) is 25.9 Å². The Hall–Kier alpha value is -0.940. The monoisotopic (exact) mass is 300 g/mol. The third-order valence-corrected chi connectivity index (χ3v) is 3.33. The lowest BCUT2D eigenvalue weighted by atomic mass is 10.1. The summed E-state index contributed by atoms with van der Waals surface area (Å²) in [5, 5.41) is 0. The molecule has 0 aliphatic heterocycles. The molecule has 3 nitrogen and oxygen atoms in total. The van der Waals surface area contributed by atoms with E-state index in [1.807, 2.05) is 13.8 Å². The summed E-state index contributed by atoms with van der Waals surface area (Å²) in [5.74, 6) is 0.503. The summed E-state index contributed by atoms with van der Waals surface area (Å²) >= 11 is 3.15. The van der Waals surface area contributed by atoms with Gasteiger partial charge in [0, 0.05) is 19.6 Å². The van der Waals surface area contributed by atoms with Crippen LogP contribution in [0.4, 0.5) is 4.39 Å². The van der Waals surface area contributed by atoms with Gasteiger partial charge in [-0.3, -0.25) is 0 Å². The van der Waals surface area contributed by atoms with E-state index in [9.17, 15) is 4.39 Å². The van der Waals surface area contributed by atoms with Gasteiger partial charge in [0.1, 0.15) is 11.6 Å². The van der Waals surface area contributed by atoms with Crippen LogP contribution in [-0.4, -0.2) is 22.7 Å². The summed E-state index contributed by atoms with van der Waals surface area (Å²) in [5.41, 5.74) is 1.16. The number of nitrogens with zero attached hydrogens (tertiary/aromatic N) is 1. The van der Waals surface area contributed by atoms with Gasteiger partial charge in [-0.05, 0) is 35.8 Å². The van der Waals surface area contributed by atoms with Crippen LogP contribution in [-0.2, 0) is 11.2 Å². The minimum absolute atomic E-state index is 0.288. The molecule has 0 saturated heterocycles. The molecule has 1 aromatic carbocycles. The van der Waals surface area contributed by atoms with Crippen LogP contribution >= 0.6 is 15.9 Å². The molecule has 5 heteroatoms. The molecule has 0 atom stereocenters. The third kappa shape index (κ3) is 2.66. The lowest BCUT2D eigenvalue weighted by Gasteiger charge is -2.21. The molecule has 92 valence electrons. The van der Waals surface area contributed by atoms with Gasteiger partial charge >= 0.3 is 0 Å². The minimum Gasteiger partial charge on any atom is -0.378 e. The molecule has 0 unspecified atom stereocenters. The highest BCUT2D eigenvalue weighted by molar-refractivity contribution is 9.10. The summed E-state index contributed by atoms with van der Waals surface area (Å²) < 4.78 is 19.1. The van der Waals surface area contributed by atoms with Gasteiger partial charge in [-0.1, -0.05) is 0 Å². The second-order valence-electron chi connectivity index (χ2n) is 4.61. The maximum atomic E-state index is 13.3. The van der Waals surface area contributed by atoms with Crippen LogP contribution in [0.5, 0.6) is 0 Å². The number of hydrogen-bond acceptors (Lipinski definition) is 2. The van der Waals surface area contributed by atoms with Gasteiger partial charge in [-0.2, -0.15) is 0 Å². The molecular weight excluding hydrogens is 287 g/mol. The number of methoxy groups -OCH3 is 1. The first kappa shape index (κ1) is 12.5. The average molecular weight is 301 g/mol. The number of rotatable bonds is 3. The maximum absolute atomic E-state index is 13.3. The number of ether oxygens (including phenoxy) is 1. The van der Waals surface area contributed by atoms with E-state index in [0.29, 0.717) is 16.4 Å². The Balaban J connectivity index is 2.38. The Morgan fingerprint density at radius 2 is 2.18 bits per heavy atom. The summed E-state index contributed by atoms with van der Waals surface area (Å²) in [6.45, 7) is 3.97. The number of nitrogens with one attached hydrogen (secondary N) is 1. The number of halogens is 2. The molecule has 0 aliphatic carbocycles. The molecule has 0 aliphatic rings. The number of aromatic amines is 1. The molecule has 1 heterocycles. The zero-order chi connectivity index (χ0) is 12.6. The topological polar surface area (TPSA) is 37.9 Å². The predicted octanol–water partition coefficient (Wildman–Crippen LogP) is 3.43. The van der Waals surface area contributed by atoms with Crippen LogP contribution in [0.25, 0.3) is 11.0 Å². The number of hydrogen-bond donors (Lipinski definition) is 1. The van der Waals surface area contributed by atoms with E-state index >= 15 is 0 Å². The normalized spacial score (nSPS) is 12.3. The predicted molar refractivity (Wildman–Crippen MR) is 68.5 cm³/mol. The van der Waals surface area contributed by atoms with Gasteiger partial charge in [0.25, 0.3) is 0 Å². The van der Waals surface area contributed by atoms with Gasteiger partial charge in [-0.15, -0.1) is 0 Å². The molecule has 1 N–H and O–H groups in total. The van der Waals surface area contributed by atoms with Crippen LogP contribution in [0.1, 0.15) is 19.7 Å². The Morgan fingerprint density at radius 3 is 2.82 bits per heavy atom.